The van der Waals surface area contributed by atoms with Gasteiger partial charge in [0.2, 0.25) is 0 Å². The van der Waals surface area contributed by atoms with Gasteiger partial charge in [-0.2, -0.15) is 0 Å². The van der Waals surface area contributed by atoms with Crippen LogP contribution in [0.2, 0.25) is 0 Å². The molecule has 1 atom stereocenters. The maximum absolute atomic E-state index is 4.36. The molecule has 0 saturated heterocycles. The van der Waals surface area contributed by atoms with Crippen LogP contribution in [-0.4, -0.2) is 17.0 Å². The van der Waals surface area contributed by atoms with Crippen molar-refractivity contribution >= 4 is 0 Å². The number of rotatable bonds is 10. The van der Waals surface area contributed by atoms with E-state index in [4.69, 9.17) is 0 Å². The quantitative estimate of drug-likeness (QED) is 0.639. The van der Waals surface area contributed by atoms with Crippen LogP contribution in [0.1, 0.15) is 70.0 Å². The molecule has 18 heavy (non-hydrogen) atoms. The third-order valence-electron chi connectivity index (χ3n) is 3.38. The first-order valence-corrected chi connectivity index (χ1v) is 7.31. The lowest BCUT2D eigenvalue weighted by atomic mass is 10.0. The molecule has 0 fully saturated rings. The summed E-state index contributed by atoms with van der Waals surface area (Å²) in [5, 5.41) is 3.33. The van der Waals surface area contributed by atoms with Crippen LogP contribution in [0.25, 0.3) is 0 Å². The first kappa shape index (κ1) is 15.1. The smallest absolute Gasteiger partial charge is 0.0755 e. The predicted molar refractivity (Wildman–Crippen MR) is 76.4 cm³/mol. The van der Waals surface area contributed by atoms with Crippen molar-refractivity contribution in [2.75, 3.05) is 7.05 Å². The van der Waals surface area contributed by atoms with Crippen molar-refractivity contribution in [2.45, 2.75) is 64.3 Å². The maximum Gasteiger partial charge on any atom is 0.0755 e. The molecule has 0 aliphatic carbocycles. The van der Waals surface area contributed by atoms with Gasteiger partial charge >= 0.3 is 0 Å². The van der Waals surface area contributed by atoms with Crippen LogP contribution in [-0.2, 0) is 0 Å². The minimum atomic E-state index is 0.356. The summed E-state index contributed by atoms with van der Waals surface area (Å²) in [4.78, 5) is 8.49. The van der Waals surface area contributed by atoms with Crippen LogP contribution >= 0.6 is 0 Å². The molecule has 0 aromatic carbocycles. The van der Waals surface area contributed by atoms with Crippen LogP contribution < -0.4 is 5.32 Å². The molecule has 3 heteroatoms. The second-order valence-electron chi connectivity index (χ2n) is 4.88. The summed E-state index contributed by atoms with van der Waals surface area (Å²) < 4.78 is 0. The Morgan fingerprint density at radius 2 is 1.78 bits per heavy atom. The van der Waals surface area contributed by atoms with Gasteiger partial charge in [0.05, 0.1) is 11.7 Å². The van der Waals surface area contributed by atoms with Gasteiger partial charge in [-0.3, -0.25) is 9.97 Å². The Hall–Kier alpha value is -0.960. The highest BCUT2D eigenvalue weighted by atomic mass is 14.9. The number of nitrogens with one attached hydrogen (secondary N) is 1. The number of hydrogen-bond donors (Lipinski definition) is 1. The molecule has 1 heterocycles. The molecule has 1 aromatic rings. The van der Waals surface area contributed by atoms with E-state index in [2.05, 4.69) is 22.2 Å². The third kappa shape index (κ3) is 6.10. The molecule has 0 saturated carbocycles. The maximum atomic E-state index is 4.36. The Balaban J connectivity index is 2.13. The van der Waals surface area contributed by atoms with Crippen LogP contribution in [0.5, 0.6) is 0 Å². The van der Waals surface area contributed by atoms with Gasteiger partial charge in [0.25, 0.3) is 0 Å². The monoisotopic (exact) mass is 249 g/mol. The molecule has 0 aliphatic rings. The lowest BCUT2D eigenvalue weighted by Crippen LogP contribution is -2.17. The van der Waals surface area contributed by atoms with Crippen molar-refractivity contribution in [3.8, 4) is 0 Å². The summed E-state index contributed by atoms with van der Waals surface area (Å²) in [5.74, 6) is 0. The average molecular weight is 249 g/mol. The van der Waals surface area contributed by atoms with Gasteiger partial charge in [-0.25, -0.2) is 0 Å². The lowest BCUT2D eigenvalue weighted by Gasteiger charge is -2.14. The summed E-state index contributed by atoms with van der Waals surface area (Å²) >= 11 is 0. The highest BCUT2D eigenvalue weighted by Crippen LogP contribution is 2.17. The topological polar surface area (TPSA) is 37.8 Å². The summed E-state index contributed by atoms with van der Waals surface area (Å²) in [5.41, 5.74) is 1.06. The zero-order valence-corrected chi connectivity index (χ0v) is 11.9. The molecule has 0 aliphatic heterocycles. The van der Waals surface area contributed by atoms with E-state index in [1.165, 1.54) is 44.9 Å². The van der Waals surface area contributed by atoms with Gasteiger partial charge in [0.15, 0.2) is 0 Å². The fourth-order valence-electron chi connectivity index (χ4n) is 2.24. The molecule has 0 radical (unpaired) electrons. The summed E-state index contributed by atoms with van der Waals surface area (Å²) in [6.07, 6.45) is 16.0. The van der Waals surface area contributed by atoms with Crippen LogP contribution in [0, 0.1) is 0 Å². The van der Waals surface area contributed by atoms with E-state index >= 15 is 0 Å². The number of nitrogens with zero attached hydrogens (tertiary/aromatic N) is 2. The van der Waals surface area contributed by atoms with Gasteiger partial charge in [0.1, 0.15) is 0 Å². The zero-order chi connectivity index (χ0) is 13.1. The van der Waals surface area contributed by atoms with Crippen molar-refractivity contribution < 1.29 is 0 Å². The van der Waals surface area contributed by atoms with E-state index in [1.54, 1.807) is 12.4 Å². The molecular formula is C15H27N3. The molecule has 1 rings (SSSR count). The van der Waals surface area contributed by atoms with Crippen LogP contribution in [0.4, 0.5) is 0 Å². The highest BCUT2D eigenvalue weighted by Gasteiger charge is 2.09. The molecule has 1 aromatic heterocycles. The fourth-order valence-corrected chi connectivity index (χ4v) is 2.24. The van der Waals surface area contributed by atoms with E-state index in [-0.39, 0.29) is 0 Å². The molecular weight excluding hydrogens is 222 g/mol. The largest absolute Gasteiger partial charge is 0.312 e. The predicted octanol–water partition coefficient (Wildman–Crippen LogP) is 3.88. The van der Waals surface area contributed by atoms with E-state index in [0.29, 0.717) is 6.04 Å². The Morgan fingerprint density at radius 1 is 1.06 bits per heavy atom. The second kappa shape index (κ2) is 10.0. The van der Waals surface area contributed by atoms with E-state index in [9.17, 15) is 0 Å². The Bertz CT molecular complexity index is 287. The lowest BCUT2D eigenvalue weighted by molar-refractivity contribution is 0.486. The zero-order valence-electron chi connectivity index (χ0n) is 11.9. The first-order valence-electron chi connectivity index (χ1n) is 7.31. The molecule has 1 N–H and O–H groups in total. The molecule has 102 valence electrons. The van der Waals surface area contributed by atoms with Crippen molar-refractivity contribution in [1.29, 1.82) is 0 Å². The van der Waals surface area contributed by atoms with Crippen molar-refractivity contribution in [2.24, 2.45) is 0 Å². The Morgan fingerprint density at radius 3 is 2.39 bits per heavy atom. The molecule has 0 amide bonds. The standard InChI is InChI=1S/C15H27N3/c1-3-4-5-6-7-8-9-10-14(16-2)15-13-17-11-12-18-15/h11-14,16H,3-10H2,1-2H3. The van der Waals surface area contributed by atoms with Crippen LogP contribution in [0.3, 0.4) is 0 Å². The summed E-state index contributed by atoms with van der Waals surface area (Å²) in [7, 11) is 2.00. The van der Waals surface area contributed by atoms with Crippen molar-refractivity contribution in [1.82, 2.24) is 15.3 Å². The molecule has 0 bridgehead atoms. The first-order chi connectivity index (χ1) is 8.88. The third-order valence-corrected chi connectivity index (χ3v) is 3.38. The van der Waals surface area contributed by atoms with Gasteiger partial charge in [0, 0.05) is 18.6 Å². The fraction of sp³-hybridized carbons (Fsp3) is 0.733. The van der Waals surface area contributed by atoms with Crippen molar-refractivity contribution in [3.05, 3.63) is 24.3 Å². The minimum absolute atomic E-state index is 0.356. The summed E-state index contributed by atoms with van der Waals surface area (Å²) in [6, 6.07) is 0.356. The number of unbranched alkanes of at least 4 members (excludes halogenated alkanes) is 6. The molecule has 1 unspecified atom stereocenters. The molecule has 0 spiro atoms. The van der Waals surface area contributed by atoms with Gasteiger partial charge in [-0.05, 0) is 13.5 Å². The number of hydrogen-bond acceptors (Lipinski definition) is 3. The normalized spacial score (nSPS) is 12.6. The van der Waals surface area contributed by atoms with Crippen molar-refractivity contribution in [3.63, 3.8) is 0 Å². The van der Waals surface area contributed by atoms with Crippen LogP contribution in [0.15, 0.2) is 18.6 Å². The second-order valence-corrected chi connectivity index (χ2v) is 4.88. The molecule has 3 nitrogen and oxygen atoms in total. The Labute approximate surface area is 111 Å². The van der Waals surface area contributed by atoms with E-state index in [0.717, 1.165) is 12.1 Å². The SMILES string of the molecule is CCCCCCCCCC(NC)c1cnccn1. The minimum Gasteiger partial charge on any atom is -0.312 e. The van der Waals surface area contributed by atoms with E-state index in [1.807, 2.05) is 13.2 Å². The highest BCUT2D eigenvalue weighted by molar-refractivity contribution is 5.01. The van der Waals surface area contributed by atoms with Gasteiger partial charge in [-0.1, -0.05) is 51.9 Å². The average Bonchev–Trinajstić information content (AvgIpc) is 2.43. The van der Waals surface area contributed by atoms with E-state index < -0.39 is 0 Å². The van der Waals surface area contributed by atoms with Gasteiger partial charge < -0.3 is 5.32 Å². The number of aromatic nitrogens is 2. The Kier molecular flexibility index (Phi) is 8.40. The summed E-state index contributed by atoms with van der Waals surface area (Å²) in [6.45, 7) is 2.26. The van der Waals surface area contributed by atoms with Gasteiger partial charge in [-0.15, -0.1) is 0 Å².